The third kappa shape index (κ3) is 3.92. The van der Waals surface area contributed by atoms with Gasteiger partial charge in [-0.25, -0.2) is 9.97 Å². The molecule has 3 N–H and O–H groups in total. The molecule has 122 valence electrons. The third-order valence-corrected chi connectivity index (χ3v) is 4.36. The first-order valence-electron chi connectivity index (χ1n) is 6.11. The summed E-state index contributed by atoms with van der Waals surface area (Å²) >= 11 is 6.78. The van der Waals surface area contributed by atoms with Crippen LogP contribution in [0.3, 0.4) is 0 Å². The van der Waals surface area contributed by atoms with E-state index in [1.807, 2.05) is 24.4 Å². The lowest BCUT2D eigenvalue weighted by Crippen LogP contribution is -2.30. The Bertz CT molecular complexity index is 865. The van der Waals surface area contributed by atoms with Gasteiger partial charge in [0.25, 0.3) is 0 Å². The largest absolute Gasteiger partial charge is 0.350 e. The van der Waals surface area contributed by atoms with Gasteiger partial charge in [-0.3, -0.25) is 0 Å². The summed E-state index contributed by atoms with van der Waals surface area (Å²) in [5.41, 5.74) is 1.62. The average Bonchev–Trinajstić information content (AvgIpc) is 3.13. The lowest BCUT2D eigenvalue weighted by molar-refractivity contribution is -0.885. The summed E-state index contributed by atoms with van der Waals surface area (Å²) in [6, 6.07) is 7.60. The highest BCUT2D eigenvalue weighted by Gasteiger charge is 2.08. The number of pyridine rings is 2. The lowest BCUT2D eigenvalue weighted by atomic mass is 10.3. The van der Waals surface area contributed by atoms with Gasteiger partial charge in [0.15, 0.2) is 0 Å². The second-order valence-electron chi connectivity index (χ2n) is 4.28. The van der Waals surface area contributed by atoms with Gasteiger partial charge in [0.05, 0.1) is 11.6 Å². The van der Waals surface area contributed by atoms with Crippen LogP contribution in [0.1, 0.15) is 14.9 Å². The third-order valence-electron chi connectivity index (χ3n) is 2.98. The van der Waals surface area contributed by atoms with E-state index in [1.54, 1.807) is 24.7 Å². The molecule has 0 saturated carbocycles. The maximum absolute atomic E-state index is 9.25. The summed E-state index contributed by atoms with van der Waals surface area (Å²) in [5, 5.41) is 11.3. The predicted molar refractivity (Wildman–Crippen MR) is 101 cm³/mol. The molecule has 0 aliphatic rings. The summed E-state index contributed by atoms with van der Waals surface area (Å²) in [5.74, 6) is 0. The van der Waals surface area contributed by atoms with Crippen LogP contribution in [0.25, 0.3) is 22.1 Å². The molecule has 0 aliphatic heterocycles. The Kier molecular flexibility index (Phi) is 6.78. The molecule has 0 bridgehead atoms. The first kappa shape index (κ1) is 19.2. The number of aromatic amines is 2. The summed E-state index contributed by atoms with van der Waals surface area (Å²) in [7, 11) is 0. The summed E-state index contributed by atoms with van der Waals surface area (Å²) in [6.07, 6.45) is 7.00. The predicted octanol–water partition coefficient (Wildman–Crippen LogP) is 5.05. The van der Waals surface area contributed by atoms with Gasteiger partial charge in [-0.05, 0) is 56.1 Å². The number of nitrogens with one attached hydrogen (secondary N) is 2. The van der Waals surface area contributed by atoms with Gasteiger partial charge in [-0.1, -0.05) is 19.6 Å². The van der Waals surface area contributed by atoms with E-state index in [0.717, 1.165) is 30.1 Å². The first-order valence-corrected chi connectivity index (χ1v) is 7.69. The molecule has 0 atom stereocenters. The first-order chi connectivity index (χ1) is 10.2. The van der Waals surface area contributed by atoms with Gasteiger partial charge in [-0.15, -0.1) is 0 Å². The van der Waals surface area contributed by atoms with Crippen LogP contribution < -0.4 is 4.73 Å². The number of H-pyrrole nitrogens is 2. The van der Waals surface area contributed by atoms with Gasteiger partial charge < -0.3 is 10.2 Å². The second-order valence-corrected chi connectivity index (χ2v) is 5.99. The normalized spacial score (nSPS) is 9.65. The fourth-order valence-electron chi connectivity index (χ4n) is 1.97. The van der Waals surface area contributed by atoms with Crippen LogP contribution in [0.2, 0.25) is 0 Å². The minimum atomic E-state index is 0. The standard InChI is InChI=1S/C7H5BrN2O.C7H5BrN2.2CH4/c8-6-2-4-10(11)7-5(6)1-3-9-7;8-6-2-4-10-7-5(6)1-3-9-7;;/h1-4,11H;1-4H,(H,9,10);2*1H4/p+1. The van der Waals surface area contributed by atoms with E-state index >= 15 is 0 Å². The fraction of sp³-hybridized carbons (Fsp3) is 0.125. The second kappa shape index (κ2) is 8.12. The molecule has 0 radical (unpaired) electrons. The Labute approximate surface area is 151 Å². The molecular formula is C16H19Br2N4O+. The van der Waals surface area contributed by atoms with Crippen LogP contribution in [-0.2, 0) is 0 Å². The van der Waals surface area contributed by atoms with E-state index in [-0.39, 0.29) is 14.9 Å². The average molecular weight is 443 g/mol. The number of fused-ring (bicyclic) bond motifs is 2. The molecule has 4 aromatic rings. The van der Waals surface area contributed by atoms with Crippen LogP contribution >= 0.6 is 31.9 Å². The van der Waals surface area contributed by atoms with E-state index in [0.29, 0.717) is 5.65 Å². The number of hydrogen-bond donors (Lipinski definition) is 3. The van der Waals surface area contributed by atoms with Gasteiger partial charge >= 0.3 is 5.65 Å². The maximum atomic E-state index is 9.25. The van der Waals surface area contributed by atoms with Crippen molar-refractivity contribution in [1.29, 1.82) is 0 Å². The fourth-order valence-corrected chi connectivity index (χ4v) is 2.85. The highest BCUT2D eigenvalue weighted by molar-refractivity contribution is 9.11. The molecule has 0 spiro atoms. The van der Waals surface area contributed by atoms with Crippen LogP contribution in [0, 0.1) is 0 Å². The Morgan fingerprint density at radius 2 is 1.57 bits per heavy atom. The SMILES string of the molecule is Brc1ccnc2[nH]ccc12.C.C.O[n+]1ccc(Br)c2cc[nH]c21. The molecule has 0 aliphatic carbocycles. The Morgan fingerprint density at radius 3 is 2.26 bits per heavy atom. The van der Waals surface area contributed by atoms with E-state index < -0.39 is 0 Å². The van der Waals surface area contributed by atoms with Crippen molar-refractivity contribution in [3.05, 3.63) is 58.0 Å². The zero-order valence-corrected chi connectivity index (χ0v) is 13.9. The van der Waals surface area contributed by atoms with Crippen molar-refractivity contribution < 1.29 is 9.94 Å². The number of hydrogen-bond acceptors (Lipinski definition) is 2. The molecule has 0 unspecified atom stereocenters. The van der Waals surface area contributed by atoms with E-state index in [1.165, 1.54) is 0 Å². The molecule has 4 heterocycles. The molecule has 0 amide bonds. The number of nitrogens with zero attached hydrogens (tertiary/aromatic N) is 2. The van der Waals surface area contributed by atoms with Crippen LogP contribution in [0.4, 0.5) is 0 Å². The van der Waals surface area contributed by atoms with Gasteiger partial charge in [0, 0.05) is 26.7 Å². The van der Waals surface area contributed by atoms with Gasteiger partial charge in [-0.2, -0.15) is 0 Å². The minimum absolute atomic E-state index is 0. The smallest absolute Gasteiger partial charge is 0.326 e. The Balaban J connectivity index is 0.000000212. The molecule has 23 heavy (non-hydrogen) atoms. The van der Waals surface area contributed by atoms with Crippen LogP contribution in [0.15, 0.2) is 58.0 Å². The number of rotatable bonds is 0. The highest BCUT2D eigenvalue weighted by Crippen LogP contribution is 2.20. The van der Waals surface area contributed by atoms with E-state index in [4.69, 9.17) is 0 Å². The molecule has 0 aromatic carbocycles. The molecule has 0 fully saturated rings. The van der Waals surface area contributed by atoms with Crippen LogP contribution in [-0.4, -0.2) is 20.2 Å². The molecular weight excluding hydrogens is 424 g/mol. The Hall–Kier alpha value is -1.86. The van der Waals surface area contributed by atoms with Crippen molar-refractivity contribution >= 4 is 53.9 Å². The summed E-state index contributed by atoms with van der Waals surface area (Å²) < 4.78 is 3.11. The van der Waals surface area contributed by atoms with Crippen LogP contribution in [0.5, 0.6) is 0 Å². The summed E-state index contributed by atoms with van der Waals surface area (Å²) in [6.45, 7) is 0. The van der Waals surface area contributed by atoms with Gasteiger partial charge in [0.2, 0.25) is 0 Å². The highest BCUT2D eigenvalue weighted by atomic mass is 79.9. The Morgan fingerprint density at radius 1 is 0.913 bits per heavy atom. The zero-order valence-electron chi connectivity index (χ0n) is 10.7. The molecule has 4 aromatic heterocycles. The molecule has 4 rings (SSSR count). The van der Waals surface area contributed by atoms with Crippen molar-refractivity contribution in [3.63, 3.8) is 0 Å². The number of aromatic nitrogens is 4. The van der Waals surface area contributed by atoms with E-state index in [9.17, 15) is 5.21 Å². The molecule has 7 heteroatoms. The van der Waals surface area contributed by atoms with Crippen molar-refractivity contribution in [1.82, 2.24) is 15.0 Å². The van der Waals surface area contributed by atoms with Crippen molar-refractivity contribution in [3.8, 4) is 0 Å². The van der Waals surface area contributed by atoms with Gasteiger partial charge in [0.1, 0.15) is 11.8 Å². The maximum Gasteiger partial charge on any atom is 0.326 e. The van der Waals surface area contributed by atoms with Crippen molar-refractivity contribution in [2.75, 3.05) is 0 Å². The van der Waals surface area contributed by atoms with Crippen molar-refractivity contribution in [2.24, 2.45) is 0 Å². The summed E-state index contributed by atoms with van der Waals surface area (Å²) in [4.78, 5) is 10.0. The quantitative estimate of drug-likeness (QED) is 0.263. The van der Waals surface area contributed by atoms with Crippen molar-refractivity contribution in [2.45, 2.75) is 14.9 Å². The zero-order chi connectivity index (χ0) is 14.8. The monoisotopic (exact) mass is 441 g/mol. The number of halogens is 2. The molecule has 0 saturated heterocycles. The van der Waals surface area contributed by atoms with E-state index in [2.05, 4.69) is 46.8 Å². The molecule has 5 nitrogen and oxygen atoms in total. The minimum Gasteiger partial charge on any atom is -0.350 e. The lowest BCUT2D eigenvalue weighted by Gasteiger charge is -1.91. The topological polar surface area (TPSA) is 68.6 Å².